The van der Waals surface area contributed by atoms with Gasteiger partial charge in [0.05, 0.1) is 16.8 Å². The predicted molar refractivity (Wildman–Crippen MR) is 78.5 cm³/mol. The summed E-state index contributed by atoms with van der Waals surface area (Å²) in [4.78, 5) is 4.42. The lowest BCUT2D eigenvalue weighted by atomic mass is 10.1. The van der Waals surface area contributed by atoms with Crippen molar-refractivity contribution in [3.05, 3.63) is 47.9 Å². The minimum Gasteiger partial charge on any atom is -0.459 e. The number of hydrogen-bond donors (Lipinski definition) is 3. The van der Waals surface area contributed by atoms with Crippen molar-refractivity contribution < 1.29 is 12.8 Å². The highest BCUT2D eigenvalue weighted by atomic mass is 32.2. The van der Waals surface area contributed by atoms with Crippen molar-refractivity contribution in [2.45, 2.75) is 10.7 Å². The molecule has 8 heteroatoms. The van der Waals surface area contributed by atoms with Gasteiger partial charge in [-0.05, 0) is 12.1 Å². The number of nitrogens with zero attached hydrogens (tertiary/aromatic N) is 1. The monoisotopic (exact) mass is 306 g/mol. The summed E-state index contributed by atoms with van der Waals surface area (Å²) in [6.45, 7) is 0. The molecular weight excluding hydrogens is 292 g/mol. The molecule has 21 heavy (non-hydrogen) atoms. The summed E-state index contributed by atoms with van der Waals surface area (Å²) in [5.74, 6) is -0.649. The van der Waals surface area contributed by atoms with E-state index in [4.69, 9.17) is 15.9 Å². The van der Waals surface area contributed by atoms with E-state index >= 15 is 0 Å². The number of fused-ring (bicyclic) bond motifs is 1. The molecule has 2 heterocycles. The molecule has 1 aliphatic heterocycles. The van der Waals surface area contributed by atoms with Crippen LogP contribution in [0.25, 0.3) is 0 Å². The van der Waals surface area contributed by atoms with E-state index in [0.29, 0.717) is 17.0 Å². The average molecular weight is 306 g/mol. The number of rotatable bonds is 2. The number of aliphatic imine (C=N–C) groups is 1. The van der Waals surface area contributed by atoms with Crippen molar-refractivity contribution in [3.8, 4) is 0 Å². The Labute approximate surface area is 121 Å². The fraction of sp³-hybridized carbons (Fsp3) is 0.154. The van der Waals surface area contributed by atoms with E-state index in [1.54, 1.807) is 18.2 Å². The van der Waals surface area contributed by atoms with Crippen molar-refractivity contribution in [1.82, 2.24) is 0 Å². The van der Waals surface area contributed by atoms with E-state index in [1.807, 2.05) is 0 Å². The third kappa shape index (κ3) is 2.28. The molecule has 0 fully saturated rings. The lowest BCUT2D eigenvalue weighted by molar-refractivity contribution is 0.511. The number of hydrogen-bond acceptors (Lipinski definition) is 7. The molecular formula is C13H14N4O3S. The van der Waals surface area contributed by atoms with Crippen LogP contribution in [-0.2, 0) is 15.6 Å². The average Bonchev–Trinajstić information content (AvgIpc) is 2.86. The maximum atomic E-state index is 11.5. The summed E-state index contributed by atoms with van der Waals surface area (Å²) in [5.41, 5.74) is 13.3. The molecule has 1 aromatic heterocycles. The number of amidine groups is 1. The third-order valence-electron chi connectivity index (χ3n) is 3.24. The lowest BCUT2D eigenvalue weighted by Crippen LogP contribution is -2.47. The largest absolute Gasteiger partial charge is 0.459 e. The normalized spacial score (nSPS) is 21.3. The highest BCUT2D eigenvalue weighted by Crippen LogP contribution is 2.31. The van der Waals surface area contributed by atoms with Gasteiger partial charge in [-0.15, -0.1) is 0 Å². The first-order valence-electron chi connectivity index (χ1n) is 6.10. The summed E-state index contributed by atoms with van der Waals surface area (Å²) < 4.78 is 28.2. The maximum Gasteiger partial charge on any atom is 0.211 e. The van der Waals surface area contributed by atoms with Gasteiger partial charge in [0.1, 0.15) is 0 Å². The van der Waals surface area contributed by atoms with Gasteiger partial charge in [-0.1, -0.05) is 12.1 Å². The van der Waals surface area contributed by atoms with Gasteiger partial charge in [0, 0.05) is 17.9 Å². The zero-order valence-corrected chi connectivity index (χ0v) is 12.0. The Hall–Kier alpha value is -2.32. The van der Waals surface area contributed by atoms with Crippen LogP contribution in [0.5, 0.6) is 0 Å². The molecule has 0 radical (unpaired) electrons. The topological polar surface area (TPSA) is 124 Å². The van der Waals surface area contributed by atoms with Gasteiger partial charge in [-0.2, -0.15) is 0 Å². The van der Waals surface area contributed by atoms with E-state index in [1.165, 1.54) is 18.4 Å². The number of anilines is 1. The second-order valence-corrected chi connectivity index (χ2v) is 6.86. The number of sulfone groups is 1. The van der Waals surface area contributed by atoms with Gasteiger partial charge in [0.2, 0.25) is 5.79 Å². The predicted octanol–water partition coefficient (Wildman–Crippen LogP) is 0.583. The molecule has 0 saturated carbocycles. The van der Waals surface area contributed by atoms with Crippen molar-refractivity contribution in [1.29, 1.82) is 0 Å². The lowest BCUT2D eigenvalue weighted by Gasteiger charge is -2.31. The Morgan fingerprint density at radius 3 is 2.52 bits per heavy atom. The number of nitrogens with two attached hydrogens (primary N) is 2. The van der Waals surface area contributed by atoms with Gasteiger partial charge in [-0.3, -0.25) is 5.73 Å². The molecule has 3 rings (SSSR count). The molecule has 7 nitrogen and oxygen atoms in total. The van der Waals surface area contributed by atoms with Crippen LogP contribution >= 0.6 is 0 Å². The molecule has 1 atom stereocenters. The van der Waals surface area contributed by atoms with Gasteiger partial charge in [0.15, 0.2) is 21.4 Å². The van der Waals surface area contributed by atoms with Crippen molar-refractivity contribution in [3.63, 3.8) is 0 Å². The Balaban J connectivity index is 2.03. The van der Waals surface area contributed by atoms with Gasteiger partial charge in [-0.25, -0.2) is 13.4 Å². The van der Waals surface area contributed by atoms with Gasteiger partial charge in [0.25, 0.3) is 0 Å². The zero-order chi connectivity index (χ0) is 15.3. The van der Waals surface area contributed by atoms with Gasteiger partial charge < -0.3 is 15.5 Å². The number of nitrogens with one attached hydrogen (secondary N) is 1. The molecule has 0 bridgehead atoms. The minimum absolute atomic E-state index is 0.184. The Kier molecular flexibility index (Phi) is 2.82. The number of benzene rings is 1. The van der Waals surface area contributed by atoms with E-state index in [2.05, 4.69) is 10.3 Å². The van der Waals surface area contributed by atoms with Crippen LogP contribution in [0.4, 0.5) is 5.69 Å². The highest BCUT2D eigenvalue weighted by Gasteiger charge is 2.33. The second kappa shape index (κ2) is 4.34. The van der Waals surface area contributed by atoms with Crippen LogP contribution in [0.15, 0.2) is 50.9 Å². The first-order valence-corrected chi connectivity index (χ1v) is 7.99. The molecule has 1 unspecified atom stereocenters. The summed E-state index contributed by atoms with van der Waals surface area (Å²) in [6.07, 6.45) is 2.63. The molecule has 0 aliphatic carbocycles. The van der Waals surface area contributed by atoms with E-state index in [9.17, 15) is 8.42 Å². The first-order chi connectivity index (χ1) is 9.79. The standard InChI is InChI=1S/C13H14N4O3S/c1-21(18,19)9-4-2-8(3-5-9)13(15)16-10-6-7-20-11(10)12(14)17-13/h2-7,16H,15H2,1H3,(H2,14,17). The Bertz CT molecular complexity index is 823. The summed E-state index contributed by atoms with van der Waals surface area (Å²) in [7, 11) is -3.26. The van der Waals surface area contributed by atoms with E-state index in [-0.39, 0.29) is 10.7 Å². The quantitative estimate of drug-likeness (QED) is 0.745. The van der Waals surface area contributed by atoms with Crippen molar-refractivity contribution in [2.75, 3.05) is 11.6 Å². The summed E-state index contributed by atoms with van der Waals surface area (Å²) >= 11 is 0. The van der Waals surface area contributed by atoms with Crippen molar-refractivity contribution in [2.24, 2.45) is 16.5 Å². The molecule has 1 aromatic carbocycles. The highest BCUT2D eigenvalue weighted by molar-refractivity contribution is 7.90. The summed E-state index contributed by atoms with van der Waals surface area (Å²) in [5, 5.41) is 3.03. The van der Waals surface area contributed by atoms with Gasteiger partial charge >= 0.3 is 0 Å². The van der Waals surface area contributed by atoms with Crippen LogP contribution < -0.4 is 16.8 Å². The van der Waals surface area contributed by atoms with Crippen molar-refractivity contribution >= 4 is 21.4 Å². The minimum atomic E-state index is -3.26. The number of furan rings is 1. The second-order valence-electron chi connectivity index (χ2n) is 4.85. The SMILES string of the molecule is CS(=O)(=O)c1ccc(C2(N)N=C(N)c3occc3N2)cc1. The molecule has 0 amide bonds. The molecule has 0 spiro atoms. The van der Waals surface area contributed by atoms with Crippen LogP contribution in [0.3, 0.4) is 0 Å². The van der Waals surface area contributed by atoms with E-state index < -0.39 is 15.6 Å². The molecule has 0 saturated heterocycles. The Morgan fingerprint density at radius 1 is 1.24 bits per heavy atom. The summed E-state index contributed by atoms with van der Waals surface area (Å²) in [6, 6.07) is 7.87. The maximum absolute atomic E-state index is 11.5. The fourth-order valence-electron chi connectivity index (χ4n) is 2.17. The molecule has 1 aliphatic rings. The van der Waals surface area contributed by atoms with Crippen LogP contribution in [-0.4, -0.2) is 20.5 Å². The fourth-order valence-corrected chi connectivity index (χ4v) is 2.80. The molecule has 110 valence electrons. The first kappa shape index (κ1) is 13.7. The molecule has 5 N–H and O–H groups in total. The Morgan fingerprint density at radius 2 is 1.90 bits per heavy atom. The van der Waals surface area contributed by atoms with Crippen LogP contribution in [0.1, 0.15) is 11.3 Å². The smallest absolute Gasteiger partial charge is 0.211 e. The molecule has 2 aromatic rings. The third-order valence-corrected chi connectivity index (χ3v) is 4.37. The van der Waals surface area contributed by atoms with E-state index in [0.717, 1.165) is 6.26 Å². The van der Waals surface area contributed by atoms with Crippen LogP contribution in [0, 0.1) is 0 Å². The van der Waals surface area contributed by atoms with Crippen LogP contribution in [0.2, 0.25) is 0 Å². The zero-order valence-electron chi connectivity index (χ0n) is 11.2.